The number of hydrogen-bond donors (Lipinski definition) is 0. The van der Waals surface area contributed by atoms with Crippen molar-refractivity contribution in [1.82, 2.24) is 9.29 Å². The van der Waals surface area contributed by atoms with E-state index in [2.05, 4.69) is 4.98 Å². The smallest absolute Gasteiger partial charge is 0.338 e. The molecule has 7 nitrogen and oxygen atoms in total. The van der Waals surface area contributed by atoms with E-state index in [0.29, 0.717) is 29.5 Å². The number of hydrogen-bond acceptors (Lipinski definition) is 7. The summed E-state index contributed by atoms with van der Waals surface area (Å²) in [5.74, 6) is -0.615. The number of carbonyl (C=O) groups excluding carboxylic acids is 1. The lowest BCUT2D eigenvalue weighted by Gasteiger charge is -2.26. The maximum atomic E-state index is 13.0. The van der Waals surface area contributed by atoms with Gasteiger partial charge in [0.2, 0.25) is 10.0 Å². The Bertz CT molecular complexity index is 1240. The number of rotatable bonds is 6. The first-order valence-electron chi connectivity index (χ1n) is 9.91. The number of benzene rings is 2. The van der Waals surface area contributed by atoms with Gasteiger partial charge < -0.3 is 9.47 Å². The van der Waals surface area contributed by atoms with Gasteiger partial charge in [-0.3, -0.25) is 0 Å². The lowest BCUT2D eigenvalue weighted by molar-refractivity contribution is 0.0468. The molecule has 2 aromatic carbocycles. The zero-order chi connectivity index (χ0) is 22.7. The summed E-state index contributed by atoms with van der Waals surface area (Å²) in [5.41, 5.74) is 2.14. The standard InChI is InChI=1S/C22H21ClN2O5S2/c1-15-6-7-16(12-20(15)32(27,28)25-8-10-29-11-9-25)22(26)30-13-17-14-31-21(24-17)18-4-2-3-5-19(18)23/h2-7,12,14H,8-11,13H2,1H3. The Kier molecular flexibility index (Phi) is 6.92. The van der Waals surface area contributed by atoms with Crippen LogP contribution in [0.25, 0.3) is 10.6 Å². The maximum absolute atomic E-state index is 13.0. The Morgan fingerprint density at radius 3 is 2.72 bits per heavy atom. The van der Waals surface area contributed by atoms with Crippen LogP contribution < -0.4 is 0 Å². The highest BCUT2D eigenvalue weighted by atomic mass is 35.5. The molecular weight excluding hydrogens is 472 g/mol. The zero-order valence-electron chi connectivity index (χ0n) is 17.3. The number of halogens is 1. The van der Waals surface area contributed by atoms with Crippen molar-refractivity contribution < 1.29 is 22.7 Å². The third-order valence-corrected chi connectivity index (χ3v) is 8.31. The van der Waals surface area contributed by atoms with E-state index < -0.39 is 16.0 Å². The van der Waals surface area contributed by atoms with Gasteiger partial charge in [0.05, 0.1) is 34.4 Å². The van der Waals surface area contributed by atoms with Gasteiger partial charge in [-0.2, -0.15) is 4.31 Å². The fraction of sp³-hybridized carbons (Fsp3) is 0.273. The molecule has 1 aliphatic heterocycles. The normalized spacial score (nSPS) is 14.9. The van der Waals surface area contributed by atoms with E-state index in [4.69, 9.17) is 21.1 Å². The van der Waals surface area contributed by atoms with Gasteiger partial charge in [-0.25, -0.2) is 18.2 Å². The molecule has 3 aromatic rings. The Morgan fingerprint density at radius 2 is 1.97 bits per heavy atom. The molecule has 1 fully saturated rings. The van der Waals surface area contributed by atoms with Crippen molar-refractivity contribution in [3.05, 3.63) is 69.7 Å². The van der Waals surface area contributed by atoms with Crippen molar-refractivity contribution in [1.29, 1.82) is 0 Å². The minimum atomic E-state index is -3.72. The number of carbonyl (C=O) groups is 1. The first-order valence-corrected chi connectivity index (χ1v) is 12.6. The van der Waals surface area contributed by atoms with Gasteiger partial charge in [0, 0.05) is 24.0 Å². The molecule has 0 spiro atoms. The van der Waals surface area contributed by atoms with Gasteiger partial charge in [0.1, 0.15) is 11.6 Å². The first kappa shape index (κ1) is 22.9. The average Bonchev–Trinajstić information content (AvgIpc) is 3.27. The van der Waals surface area contributed by atoms with Gasteiger partial charge in [-0.15, -0.1) is 11.3 Å². The van der Waals surface area contributed by atoms with Crippen LogP contribution in [0.5, 0.6) is 0 Å². The minimum Gasteiger partial charge on any atom is -0.456 e. The topological polar surface area (TPSA) is 85.8 Å². The van der Waals surface area contributed by atoms with Crippen molar-refractivity contribution >= 4 is 38.9 Å². The molecular formula is C22H21ClN2O5S2. The predicted molar refractivity (Wildman–Crippen MR) is 122 cm³/mol. The van der Waals surface area contributed by atoms with Gasteiger partial charge >= 0.3 is 5.97 Å². The molecule has 0 amide bonds. The predicted octanol–water partition coefficient (Wildman–Crippen LogP) is 4.15. The minimum absolute atomic E-state index is 0.0286. The molecule has 168 valence electrons. The summed E-state index contributed by atoms with van der Waals surface area (Å²) >= 11 is 7.62. The Hall–Kier alpha value is -2.30. The SMILES string of the molecule is Cc1ccc(C(=O)OCc2csc(-c3ccccc3Cl)n2)cc1S(=O)(=O)N1CCOCC1. The van der Waals surface area contributed by atoms with E-state index in [1.54, 1.807) is 30.5 Å². The average molecular weight is 493 g/mol. The number of morpholine rings is 1. The Morgan fingerprint density at radius 1 is 1.22 bits per heavy atom. The summed E-state index contributed by atoms with van der Waals surface area (Å²) in [6, 6.07) is 11.9. The van der Waals surface area contributed by atoms with Gasteiger partial charge in [0.15, 0.2) is 0 Å². The maximum Gasteiger partial charge on any atom is 0.338 e. The number of esters is 1. The first-order chi connectivity index (χ1) is 15.4. The number of ether oxygens (including phenoxy) is 2. The zero-order valence-corrected chi connectivity index (χ0v) is 19.7. The summed E-state index contributed by atoms with van der Waals surface area (Å²) in [7, 11) is -3.72. The summed E-state index contributed by atoms with van der Waals surface area (Å²) in [6.07, 6.45) is 0. The highest BCUT2D eigenvalue weighted by Crippen LogP contribution is 2.30. The molecule has 1 saturated heterocycles. The lowest BCUT2D eigenvalue weighted by Crippen LogP contribution is -2.40. The highest BCUT2D eigenvalue weighted by Gasteiger charge is 2.28. The molecule has 0 atom stereocenters. The molecule has 0 aliphatic carbocycles. The van der Waals surface area contributed by atoms with Gasteiger partial charge in [-0.1, -0.05) is 35.9 Å². The molecule has 32 heavy (non-hydrogen) atoms. The van der Waals surface area contributed by atoms with Crippen molar-refractivity contribution in [3.8, 4) is 10.6 Å². The van der Waals surface area contributed by atoms with E-state index in [0.717, 1.165) is 10.6 Å². The molecule has 0 unspecified atom stereocenters. The number of nitrogens with zero attached hydrogens (tertiary/aromatic N) is 2. The lowest BCUT2D eigenvalue weighted by atomic mass is 10.1. The van der Waals surface area contributed by atoms with Crippen molar-refractivity contribution in [2.75, 3.05) is 26.3 Å². The van der Waals surface area contributed by atoms with E-state index >= 15 is 0 Å². The quantitative estimate of drug-likeness (QED) is 0.480. The van der Waals surface area contributed by atoms with Gasteiger partial charge in [-0.05, 0) is 30.7 Å². The van der Waals surface area contributed by atoms with Crippen LogP contribution in [0, 0.1) is 6.92 Å². The molecule has 0 N–H and O–H groups in total. The summed E-state index contributed by atoms with van der Waals surface area (Å²) < 4.78 is 38.1. The van der Waals surface area contributed by atoms with Crippen LogP contribution in [-0.2, 0) is 26.1 Å². The Balaban J connectivity index is 1.48. The third-order valence-electron chi connectivity index (χ3n) is 5.02. The number of aromatic nitrogens is 1. The number of sulfonamides is 1. The number of aryl methyl sites for hydroxylation is 1. The van der Waals surface area contributed by atoms with Crippen LogP contribution >= 0.6 is 22.9 Å². The molecule has 2 heterocycles. The molecule has 0 saturated carbocycles. The second-order valence-electron chi connectivity index (χ2n) is 7.20. The van der Waals surface area contributed by atoms with Crippen LogP contribution in [0.2, 0.25) is 5.02 Å². The molecule has 10 heteroatoms. The van der Waals surface area contributed by atoms with Crippen LogP contribution in [0.1, 0.15) is 21.6 Å². The monoisotopic (exact) mass is 492 g/mol. The molecule has 0 radical (unpaired) electrons. The molecule has 1 aromatic heterocycles. The van der Waals surface area contributed by atoms with Crippen LogP contribution in [0.15, 0.2) is 52.7 Å². The van der Waals surface area contributed by atoms with Crippen LogP contribution in [-0.4, -0.2) is 50.0 Å². The van der Waals surface area contributed by atoms with Gasteiger partial charge in [0.25, 0.3) is 0 Å². The largest absolute Gasteiger partial charge is 0.456 e. The molecule has 4 rings (SSSR count). The van der Waals surface area contributed by atoms with Crippen molar-refractivity contribution in [2.24, 2.45) is 0 Å². The third kappa shape index (κ3) is 4.87. The second-order valence-corrected chi connectivity index (χ2v) is 10.4. The van der Waals surface area contributed by atoms with E-state index in [1.807, 2.05) is 18.2 Å². The van der Waals surface area contributed by atoms with E-state index in [1.165, 1.54) is 21.7 Å². The Labute approximate surface area is 195 Å². The molecule has 1 aliphatic rings. The van der Waals surface area contributed by atoms with Crippen molar-refractivity contribution in [2.45, 2.75) is 18.4 Å². The summed E-state index contributed by atoms with van der Waals surface area (Å²) in [5, 5.41) is 3.13. The summed E-state index contributed by atoms with van der Waals surface area (Å²) in [6.45, 7) is 2.95. The second kappa shape index (κ2) is 9.68. The fourth-order valence-electron chi connectivity index (χ4n) is 3.29. The van der Waals surface area contributed by atoms with E-state index in [9.17, 15) is 13.2 Å². The fourth-order valence-corrected chi connectivity index (χ4v) is 6.07. The van der Waals surface area contributed by atoms with Crippen LogP contribution in [0.3, 0.4) is 0 Å². The van der Waals surface area contributed by atoms with E-state index in [-0.39, 0.29) is 30.2 Å². The molecule has 0 bridgehead atoms. The highest BCUT2D eigenvalue weighted by molar-refractivity contribution is 7.89. The van der Waals surface area contributed by atoms with Crippen molar-refractivity contribution in [3.63, 3.8) is 0 Å². The summed E-state index contributed by atoms with van der Waals surface area (Å²) in [4.78, 5) is 17.2. The van der Waals surface area contributed by atoms with Crippen LogP contribution in [0.4, 0.5) is 0 Å². The number of thiazole rings is 1.